The standard InChI is InChI=1S/C32H37F2N3O4/c1-19-26(29(38)35-28(20-9-5-10-20)21-11-6-12-22(33)17-21)24-14-7-15-25(34)27(24)30(39)37(19)18-23-13-8-16-36(23)31(40)41-32(2,3)4/h6-7,11-12,14-15,17,20,23,28H,5,8-10,13,16,18H2,1-4H3,(H,35,38)/t23-,28?/m0/s1. The average Bonchev–Trinajstić information content (AvgIpc) is 3.32. The number of carbonyl (C=O) groups excluding carboxylic acids is 2. The van der Waals surface area contributed by atoms with E-state index >= 15 is 4.39 Å². The molecule has 2 aromatic carbocycles. The number of rotatable bonds is 6. The Morgan fingerprint density at radius 3 is 2.46 bits per heavy atom. The first kappa shape index (κ1) is 28.8. The summed E-state index contributed by atoms with van der Waals surface area (Å²) in [5.41, 5.74) is 0.0228. The van der Waals surface area contributed by atoms with Crippen molar-refractivity contribution in [3.8, 4) is 0 Å². The summed E-state index contributed by atoms with van der Waals surface area (Å²) in [6, 6.07) is 9.70. The molecule has 2 fully saturated rings. The lowest BCUT2D eigenvalue weighted by atomic mass is 9.77. The van der Waals surface area contributed by atoms with E-state index < -0.39 is 35.0 Å². The molecule has 1 N–H and O–H groups in total. The number of amides is 2. The number of nitrogens with one attached hydrogen (secondary N) is 1. The molecule has 218 valence electrons. The number of hydrogen-bond acceptors (Lipinski definition) is 4. The molecule has 2 aliphatic rings. The van der Waals surface area contributed by atoms with Gasteiger partial charge in [-0.05, 0) is 83.1 Å². The van der Waals surface area contributed by atoms with Crippen LogP contribution in [0.4, 0.5) is 13.6 Å². The third-order valence-corrected chi connectivity index (χ3v) is 8.25. The average molecular weight is 566 g/mol. The van der Waals surface area contributed by atoms with Crippen LogP contribution < -0.4 is 10.9 Å². The number of hydrogen-bond donors (Lipinski definition) is 1. The highest BCUT2D eigenvalue weighted by atomic mass is 19.1. The largest absolute Gasteiger partial charge is 0.444 e. The van der Waals surface area contributed by atoms with Gasteiger partial charge in [-0.15, -0.1) is 0 Å². The Bertz CT molecular complexity index is 1540. The van der Waals surface area contributed by atoms with Crippen LogP contribution in [0, 0.1) is 24.5 Å². The smallest absolute Gasteiger partial charge is 0.410 e. The molecule has 1 aromatic heterocycles. The maximum atomic E-state index is 15.2. The van der Waals surface area contributed by atoms with Crippen molar-refractivity contribution in [3.63, 3.8) is 0 Å². The third kappa shape index (κ3) is 5.85. The number of aromatic nitrogens is 1. The number of fused-ring (bicyclic) bond motifs is 1. The quantitative estimate of drug-likeness (QED) is 0.383. The molecule has 2 amide bonds. The molecule has 0 bridgehead atoms. The first-order valence-corrected chi connectivity index (χ1v) is 14.3. The number of pyridine rings is 1. The van der Waals surface area contributed by atoms with Crippen LogP contribution in [-0.2, 0) is 11.3 Å². The SMILES string of the molecule is Cc1c(C(=O)NC(c2cccc(F)c2)C2CCC2)c2cccc(F)c2c(=O)n1C[C@@H]1CCCN1C(=O)OC(C)(C)C. The minimum absolute atomic E-state index is 0.102. The van der Waals surface area contributed by atoms with Crippen LogP contribution in [0.15, 0.2) is 47.3 Å². The van der Waals surface area contributed by atoms with Crippen LogP contribution in [0.2, 0.25) is 0 Å². The molecule has 0 spiro atoms. The van der Waals surface area contributed by atoms with Crippen molar-refractivity contribution in [1.82, 2.24) is 14.8 Å². The van der Waals surface area contributed by atoms with E-state index in [9.17, 15) is 18.8 Å². The van der Waals surface area contributed by atoms with E-state index in [0.29, 0.717) is 24.2 Å². The minimum Gasteiger partial charge on any atom is -0.444 e. The van der Waals surface area contributed by atoms with Crippen molar-refractivity contribution >= 4 is 22.8 Å². The summed E-state index contributed by atoms with van der Waals surface area (Å²) in [4.78, 5) is 42.2. The molecule has 9 heteroatoms. The lowest BCUT2D eigenvalue weighted by molar-refractivity contribution is 0.0212. The Kier molecular flexibility index (Phi) is 7.90. The Labute approximate surface area is 238 Å². The topological polar surface area (TPSA) is 80.6 Å². The predicted molar refractivity (Wildman–Crippen MR) is 153 cm³/mol. The van der Waals surface area contributed by atoms with E-state index in [-0.39, 0.29) is 40.7 Å². The molecule has 5 rings (SSSR count). The number of likely N-dealkylation sites (tertiary alicyclic amines) is 1. The lowest BCUT2D eigenvalue weighted by Gasteiger charge is -2.35. The van der Waals surface area contributed by atoms with E-state index in [1.807, 2.05) is 0 Å². The van der Waals surface area contributed by atoms with Crippen LogP contribution in [0.25, 0.3) is 10.8 Å². The fourth-order valence-corrected chi connectivity index (χ4v) is 6.03. The summed E-state index contributed by atoms with van der Waals surface area (Å²) < 4.78 is 36.3. The van der Waals surface area contributed by atoms with Crippen LogP contribution in [0.3, 0.4) is 0 Å². The fourth-order valence-electron chi connectivity index (χ4n) is 6.03. The van der Waals surface area contributed by atoms with Gasteiger partial charge in [0.05, 0.1) is 23.0 Å². The van der Waals surface area contributed by atoms with Gasteiger partial charge < -0.3 is 19.5 Å². The number of halogens is 2. The molecular weight excluding hydrogens is 528 g/mol. The summed E-state index contributed by atoms with van der Waals surface area (Å²) in [6.07, 6.45) is 3.75. The van der Waals surface area contributed by atoms with Gasteiger partial charge in [0.15, 0.2) is 0 Å². The molecular formula is C32H37F2N3O4. The van der Waals surface area contributed by atoms with Gasteiger partial charge in [0, 0.05) is 24.2 Å². The zero-order chi connectivity index (χ0) is 29.5. The highest BCUT2D eigenvalue weighted by Gasteiger charge is 2.35. The summed E-state index contributed by atoms with van der Waals surface area (Å²) in [6.45, 7) is 7.64. The Balaban J connectivity index is 1.54. The summed E-state index contributed by atoms with van der Waals surface area (Å²) in [5, 5.41) is 3.15. The van der Waals surface area contributed by atoms with E-state index in [1.54, 1.807) is 50.8 Å². The predicted octanol–water partition coefficient (Wildman–Crippen LogP) is 6.26. The van der Waals surface area contributed by atoms with Gasteiger partial charge in [0.1, 0.15) is 17.2 Å². The van der Waals surface area contributed by atoms with Gasteiger partial charge >= 0.3 is 6.09 Å². The van der Waals surface area contributed by atoms with Gasteiger partial charge in [-0.3, -0.25) is 9.59 Å². The number of carbonyl (C=O) groups is 2. The number of nitrogens with zero attached hydrogens (tertiary/aromatic N) is 2. The Morgan fingerprint density at radius 2 is 1.80 bits per heavy atom. The molecule has 1 saturated heterocycles. The monoisotopic (exact) mass is 565 g/mol. The summed E-state index contributed by atoms with van der Waals surface area (Å²) in [7, 11) is 0. The molecule has 3 aromatic rings. The van der Waals surface area contributed by atoms with Gasteiger partial charge in [-0.2, -0.15) is 0 Å². The van der Waals surface area contributed by atoms with Gasteiger partial charge in [-0.25, -0.2) is 13.6 Å². The third-order valence-electron chi connectivity index (χ3n) is 8.25. The van der Waals surface area contributed by atoms with Crippen LogP contribution in [0.5, 0.6) is 0 Å². The molecule has 1 saturated carbocycles. The molecule has 1 aliphatic carbocycles. The van der Waals surface area contributed by atoms with Gasteiger partial charge in [0.2, 0.25) is 0 Å². The van der Waals surface area contributed by atoms with Crippen LogP contribution >= 0.6 is 0 Å². The first-order valence-electron chi connectivity index (χ1n) is 14.3. The van der Waals surface area contributed by atoms with Crippen molar-refractivity contribution < 1.29 is 23.1 Å². The fraction of sp³-hybridized carbons (Fsp3) is 0.469. The van der Waals surface area contributed by atoms with Crippen LogP contribution in [0.1, 0.15) is 80.5 Å². The lowest BCUT2D eigenvalue weighted by Crippen LogP contribution is -2.43. The molecule has 41 heavy (non-hydrogen) atoms. The second kappa shape index (κ2) is 11.3. The van der Waals surface area contributed by atoms with Crippen molar-refractivity contribution in [2.75, 3.05) is 6.54 Å². The van der Waals surface area contributed by atoms with Gasteiger partial charge in [-0.1, -0.05) is 30.7 Å². The van der Waals surface area contributed by atoms with E-state index in [4.69, 9.17) is 4.74 Å². The molecule has 1 unspecified atom stereocenters. The van der Waals surface area contributed by atoms with Crippen molar-refractivity contribution in [2.45, 2.75) is 84.0 Å². The van der Waals surface area contributed by atoms with Gasteiger partial charge in [0.25, 0.3) is 11.5 Å². The van der Waals surface area contributed by atoms with Crippen molar-refractivity contribution in [3.05, 3.63) is 81.3 Å². The number of ether oxygens (including phenoxy) is 1. The maximum Gasteiger partial charge on any atom is 0.410 e. The van der Waals surface area contributed by atoms with E-state index in [0.717, 1.165) is 25.7 Å². The van der Waals surface area contributed by atoms with Crippen molar-refractivity contribution in [2.24, 2.45) is 5.92 Å². The highest BCUT2D eigenvalue weighted by molar-refractivity contribution is 6.08. The molecule has 1 aliphatic heterocycles. The first-order chi connectivity index (χ1) is 19.4. The molecule has 2 heterocycles. The number of benzene rings is 2. The zero-order valence-electron chi connectivity index (χ0n) is 24.0. The molecule has 2 atom stereocenters. The minimum atomic E-state index is -0.716. The Morgan fingerprint density at radius 1 is 1.07 bits per heavy atom. The summed E-state index contributed by atoms with van der Waals surface area (Å²) >= 11 is 0. The van der Waals surface area contributed by atoms with Crippen LogP contribution in [-0.4, -0.2) is 39.7 Å². The van der Waals surface area contributed by atoms with E-state index in [2.05, 4.69) is 5.32 Å². The van der Waals surface area contributed by atoms with E-state index in [1.165, 1.54) is 28.8 Å². The highest BCUT2D eigenvalue weighted by Crippen LogP contribution is 2.38. The molecule has 0 radical (unpaired) electrons. The second-order valence-electron chi connectivity index (χ2n) is 12.2. The zero-order valence-corrected chi connectivity index (χ0v) is 24.0. The second-order valence-corrected chi connectivity index (χ2v) is 12.2. The normalized spacial score (nSPS) is 18.3. The molecule has 7 nitrogen and oxygen atoms in total. The Hall–Kier alpha value is -3.75. The maximum absolute atomic E-state index is 15.2. The summed E-state index contributed by atoms with van der Waals surface area (Å²) in [5.74, 6) is -1.41. The van der Waals surface area contributed by atoms with Crippen molar-refractivity contribution in [1.29, 1.82) is 0 Å².